The molecule has 1 heterocycles. The molecule has 0 radical (unpaired) electrons. The maximum Gasteiger partial charge on any atom is 0.108 e. The summed E-state index contributed by atoms with van der Waals surface area (Å²) < 4.78 is 5.29. The molecule has 1 fully saturated rings. The topological polar surface area (TPSA) is 87.7 Å². The van der Waals surface area contributed by atoms with Crippen LogP contribution >= 0.6 is 0 Å². The third-order valence-corrected chi connectivity index (χ3v) is 2.24. The average Bonchev–Trinajstić information content (AvgIpc) is 2.41. The number of aliphatic hydroxyl groups excluding tert-OH is 2. The SMILES string of the molecule is CNC1C(CN)OC(CO)C1O. The first-order valence-electron chi connectivity index (χ1n) is 4.06. The molecule has 4 atom stereocenters. The Balaban J connectivity index is 2.58. The molecule has 72 valence electrons. The highest BCUT2D eigenvalue weighted by atomic mass is 16.5. The fourth-order valence-corrected chi connectivity index (χ4v) is 1.55. The summed E-state index contributed by atoms with van der Waals surface area (Å²) in [7, 11) is 1.74. The van der Waals surface area contributed by atoms with Crippen molar-refractivity contribution < 1.29 is 14.9 Å². The van der Waals surface area contributed by atoms with Gasteiger partial charge in [-0.2, -0.15) is 0 Å². The fraction of sp³-hybridized carbons (Fsp3) is 1.00. The Kier molecular flexibility index (Phi) is 3.42. The largest absolute Gasteiger partial charge is 0.394 e. The molecule has 0 amide bonds. The zero-order chi connectivity index (χ0) is 9.14. The predicted octanol–water partition coefficient (Wildman–Crippen LogP) is -2.35. The molecule has 1 saturated heterocycles. The van der Waals surface area contributed by atoms with E-state index in [-0.39, 0.29) is 18.8 Å². The maximum atomic E-state index is 9.55. The van der Waals surface area contributed by atoms with E-state index in [0.29, 0.717) is 6.54 Å². The van der Waals surface area contributed by atoms with Crippen LogP contribution in [-0.4, -0.2) is 54.8 Å². The lowest BCUT2D eigenvalue weighted by Crippen LogP contribution is -2.45. The molecule has 0 aliphatic carbocycles. The molecular formula is C7H16N2O3. The van der Waals surface area contributed by atoms with Crippen LogP contribution in [0.25, 0.3) is 0 Å². The number of aliphatic hydroxyl groups is 2. The Morgan fingerprint density at radius 3 is 2.50 bits per heavy atom. The Morgan fingerprint density at radius 1 is 1.50 bits per heavy atom. The van der Waals surface area contributed by atoms with Crippen LogP contribution in [0.2, 0.25) is 0 Å². The second-order valence-electron chi connectivity index (χ2n) is 2.94. The van der Waals surface area contributed by atoms with E-state index in [1.807, 2.05) is 0 Å². The summed E-state index contributed by atoms with van der Waals surface area (Å²) >= 11 is 0. The van der Waals surface area contributed by atoms with E-state index in [9.17, 15) is 5.11 Å². The maximum absolute atomic E-state index is 9.55. The minimum Gasteiger partial charge on any atom is -0.394 e. The molecule has 0 spiro atoms. The molecule has 5 N–H and O–H groups in total. The predicted molar refractivity (Wildman–Crippen MR) is 43.7 cm³/mol. The van der Waals surface area contributed by atoms with Gasteiger partial charge in [-0.1, -0.05) is 0 Å². The van der Waals surface area contributed by atoms with Crippen molar-refractivity contribution in [1.29, 1.82) is 0 Å². The molecule has 1 rings (SSSR count). The van der Waals surface area contributed by atoms with Crippen molar-refractivity contribution in [2.24, 2.45) is 5.73 Å². The minimum absolute atomic E-state index is 0.171. The van der Waals surface area contributed by atoms with E-state index in [1.54, 1.807) is 7.05 Å². The minimum atomic E-state index is -0.673. The van der Waals surface area contributed by atoms with Gasteiger partial charge in [-0.05, 0) is 7.05 Å². The smallest absolute Gasteiger partial charge is 0.108 e. The zero-order valence-electron chi connectivity index (χ0n) is 7.10. The fourth-order valence-electron chi connectivity index (χ4n) is 1.55. The van der Waals surface area contributed by atoms with Gasteiger partial charge in [-0.25, -0.2) is 0 Å². The van der Waals surface area contributed by atoms with Crippen molar-refractivity contribution in [3.8, 4) is 0 Å². The summed E-state index contributed by atoms with van der Waals surface area (Å²) in [5.41, 5.74) is 5.42. The Hall–Kier alpha value is -0.200. The number of rotatable bonds is 3. The molecule has 0 aromatic carbocycles. The molecular weight excluding hydrogens is 160 g/mol. The van der Waals surface area contributed by atoms with Gasteiger partial charge in [-0.15, -0.1) is 0 Å². The lowest BCUT2D eigenvalue weighted by atomic mass is 10.1. The van der Waals surface area contributed by atoms with Crippen LogP contribution in [0.4, 0.5) is 0 Å². The number of ether oxygens (including phenoxy) is 1. The van der Waals surface area contributed by atoms with Crippen LogP contribution in [0.5, 0.6) is 0 Å². The van der Waals surface area contributed by atoms with Crippen LogP contribution in [0, 0.1) is 0 Å². The highest BCUT2D eigenvalue weighted by Crippen LogP contribution is 2.19. The summed E-state index contributed by atoms with van der Waals surface area (Å²) in [5, 5.41) is 21.3. The van der Waals surface area contributed by atoms with Gasteiger partial charge in [0.15, 0.2) is 0 Å². The van der Waals surface area contributed by atoms with Gasteiger partial charge in [0, 0.05) is 6.54 Å². The summed E-state index contributed by atoms with van der Waals surface area (Å²) in [6.07, 6.45) is -1.38. The lowest BCUT2D eigenvalue weighted by molar-refractivity contribution is -0.0193. The Bertz CT molecular complexity index is 143. The second-order valence-corrected chi connectivity index (χ2v) is 2.94. The molecule has 0 bridgehead atoms. The van der Waals surface area contributed by atoms with Crippen LogP contribution in [-0.2, 0) is 4.74 Å². The standard InChI is InChI=1S/C7H16N2O3/c1-9-6-4(2-8)12-5(3-10)7(6)11/h4-7,9-11H,2-3,8H2,1H3. The zero-order valence-corrected chi connectivity index (χ0v) is 7.10. The molecule has 0 aromatic heterocycles. The number of nitrogens with one attached hydrogen (secondary N) is 1. The van der Waals surface area contributed by atoms with Gasteiger partial charge in [0.25, 0.3) is 0 Å². The highest BCUT2D eigenvalue weighted by molar-refractivity contribution is 4.94. The number of likely N-dealkylation sites (N-methyl/N-ethyl adjacent to an activating group) is 1. The average molecular weight is 176 g/mol. The molecule has 5 nitrogen and oxygen atoms in total. The van der Waals surface area contributed by atoms with Gasteiger partial charge in [0.1, 0.15) is 12.2 Å². The van der Waals surface area contributed by atoms with Crippen molar-refractivity contribution in [2.45, 2.75) is 24.4 Å². The normalized spacial score (nSPS) is 42.0. The van der Waals surface area contributed by atoms with E-state index in [2.05, 4.69) is 5.32 Å². The van der Waals surface area contributed by atoms with E-state index >= 15 is 0 Å². The van der Waals surface area contributed by atoms with Gasteiger partial charge in [0.05, 0.1) is 18.8 Å². The van der Waals surface area contributed by atoms with Crippen molar-refractivity contribution in [3.05, 3.63) is 0 Å². The third kappa shape index (κ3) is 1.60. The van der Waals surface area contributed by atoms with Crippen LogP contribution < -0.4 is 11.1 Å². The van der Waals surface area contributed by atoms with Crippen molar-refractivity contribution >= 4 is 0 Å². The van der Waals surface area contributed by atoms with E-state index in [0.717, 1.165) is 0 Å². The van der Waals surface area contributed by atoms with Gasteiger partial charge < -0.3 is 26.0 Å². The number of hydrogen-bond acceptors (Lipinski definition) is 5. The first kappa shape index (κ1) is 9.88. The van der Waals surface area contributed by atoms with Crippen LogP contribution in [0.1, 0.15) is 0 Å². The second kappa shape index (κ2) is 4.15. The van der Waals surface area contributed by atoms with Crippen molar-refractivity contribution in [3.63, 3.8) is 0 Å². The van der Waals surface area contributed by atoms with Gasteiger partial charge >= 0.3 is 0 Å². The Morgan fingerprint density at radius 2 is 2.17 bits per heavy atom. The Labute approximate surface area is 71.5 Å². The highest BCUT2D eigenvalue weighted by Gasteiger charge is 2.41. The number of hydrogen-bond donors (Lipinski definition) is 4. The van der Waals surface area contributed by atoms with E-state index in [4.69, 9.17) is 15.6 Å². The monoisotopic (exact) mass is 176 g/mol. The molecule has 0 saturated carbocycles. The quantitative estimate of drug-likeness (QED) is 0.387. The molecule has 4 unspecified atom stereocenters. The van der Waals surface area contributed by atoms with E-state index in [1.165, 1.54) is 0 Å². The number of nitrogens with two attached hydrogens (primary N) is 1. The molecule has 1 aliphatic rings. The molecule has 5 heteroatoms. The van der Waals surface area contributed by atoms with Gasteiger partial charge in [0.2, 0.25) is 0 Å². The van der Waals surface area contributed by atoms with Crippen LogP contribution in [0.15, 0.2) is 0 Å². The third-order valence-electron chi connectivity index (χ3n) is 2.24. The summed E-state index contributed by atoms with van der Waals surface area (Å²) in [4.78, 5) is 0. The van der Waals surface area contributed by atoms with Crippen molar-refractivity contribution in [2.75, 3.05) is 20.2 Å². The van der Waals surface area contributed by atoms with Crippen LogP contribution in [0.3, 0.4) is 0 Å². The lowest BCUT2D eigenvalue weighted by Gasteiger charge is -2.17. The summed E-state index contributed by atoms with van der Waals surface area (Å²) in [6.45, 7) is 0.176. The van der Waals surface area contributed by atoms with Gasteiger partial charge in [-0.3, -0.25) is 0 Å². The molecule has 1 aliphatic heterocycles. The molecule has 12 heavy (non-hydrogen) atoms. The summed E-state index contributed by atoms with van der Waals surface area (Å²) in [5.74, 6) is 0. The van der Waals surface area contributed by atoms with E-state index < -0.39 is 12.2 Å². The van der Waals surface area contributed by atoms with Crippen molar-refractivity contribution in [1.82, 2.24) is 5.32 Å². The first-order chi connectivity index (χ1) is 5.74. The first-order valence-corrected chi connectivity index (χ1v) is 4.06. The molecule has 0 aromatic rings. The summed E-state index contributed by atoms with van der Waals surface area (Å²) in [6, 6.07) is -0.174.